The summed E-state index contributed by atoms with van der Waals surface area (Å²) in [6, 6.07) is -0.284. The first-order valence-electron chi connectivity index (χ1n) is 5.93. The van der Waals surface area contributed by atoms with E-state index in [2.05, 4.69) is 5.32 Å². The summed E-state index contributed by atoms with van der Waals surface area (Å²) in [5.41, 5.74) is 5.44. The molecular weight excluding hydrogens is 274 g/mol. The van der Waals surface area contributed by atoms with Crippen molar-refractivity contribution in [3.05, 3.63) is 0 Å². The lowest BCUT2D eigenvalue weighted by Gasteiger charge is -2.36. The van der Waals surface area contributed by atoms with Crippen LogP contribution in [-0.4, -0.2) is 48.0 Å². The minimum atomic E-state index is -3.56. The molecule has 0 aromatic carbocycles. The maximum atomic E-state index is 12.4. The SMILES string of the molecule is CC(C(N)=S)S(=O)(=O)N1CCCC2C(=O)NCC21. The lowest BCUT2D eigenvalue weighted by molar-refractivity contribution is -0.123. The van der Waals surface area contributed by atoms with E-state index in [0.29, 0.717) is 19.5 Å². The number of nitrogens with zero attached hydrogens (tertiary/aromatic N) is 1. The summed E-state index contributed by atoms with van der Waals surface area (Å²) in [6.45, 7) is 2.31. The van der Waals surface area contributed by atoms with Gasteiger partial charge in [-0.15, -0.1) is 0 Å². The second kappa shape index (κ2) is 4.75. The monoisotopic (exact) mass is 291 g/mol. The summed E-state index contributed by atoms with van der Waals surface area (Å²) in [7, 11) is -3.56. The van der Waals surface area contributed by atoms with Crippen LogP contribution in [0.15, 0.2) is 0 Å². The number of carbonyl (C=O) groups excluding carboxylic acids is 1. The number of thiocarbonyl (C=S) groups is 1. The number of nitrogens with one attached hydrogen (secondary N) is 1. The van der Waals surface area contributed by atoms with Gasteiger partial charge in [-0.2, -0.15) is 4.31 Å². The number of hydrogen-bond acceptors (Lipinski definition) is 4. The van der Waals surface area contributed by atoms with Gasteiger partial charge in [-0.25, -0.2) is 8.42 Å². The second-order valence-corrected chi connectivity index (χ2v) is 7.44. The number of carbonyl (C=O) groups is 1. The Kier molecular flexibility index (Phi) is 3.61. The third kappa shape index (κ3) is 2.12. The zero-order chi connectivity index (χ0) is 13.5. The van der Waals surface area contributed by atoms with E-state index in [1.807, 2.05) is 0 Å². The van der Waals surface area contributed by atoms with Crippen molar-refractivity contribution in [3.63, 3.8) is 0 Å². The first kappa shape index (κ1) is 13.7. The molecule has 2 aliphatic rings. The molecule has 0 saturated carbocycles. The molecular formula is C10H17N3O3S2. The molecule has 6 nitrogen and oxygen atoms in total. The Morgan fingerprint density at radius 1 is 1.61 bits per heavy atom. The first-order chi connectivity index (χ1) is 8.35. The van der Waals surface area contributed by atoms with Crippen molar-refractivity contribution in [2.75, 3.05) is 13.1 Å². The highest BCUT2D eigenvalue weighted by Crippen LogP contribution is 2.30. The zero-order valence-electron chi connectivity index (χ0n) is 10.1. The van der Waals surface area contributed by atoms with E-state index in [4.69, 9.17) is 18.0 Å². The number of hydrogen-bond donors (Lipinski definition) is 2. The third-order valence-corrected chi connectivity index (χ3v) is 6.48. The Labute approximate surface area is 112 Å². The minimum absolute atomic E-state index is 0.0330. The lowest BCUT2D eigenvalue weighted by atomic mass is 9.93. The summed E-state index contributed by atoms with van der Waals surface area (Å²) in [5, 5.41) is 1.84. The van der Waals surface area contributed by atoms with Gasteiger partial charge in [0.1, 0.15) is 5.25 Å². The predicted molar refractivity (Wildman–Crippen MR) is 71.4 cm³/mol. The fourth-order valence-electron chi connectivity index (χ4n) is 2.58. The molecule has 2 rings (SSSR count). The van der Waals surface area contributed by atoms with Crippen LogP contribution >= 0.6 is 12.2 Å². The van der Waals surface area contributed by atoms with Gasteiger partial charge < -0.3 is 11.1 Å². The Morgan fingerprint density at radius 3 is 2.89 bits per heavy atom. The van der Waals surface area contributed by atoms with Crippen molar-refractivity contribution in [2.24, 2.45) is 11.7 Å². The van der Waals surface area contributed by atoms with E-state index in [9.17, 15) is 13.2 Å². The smallest absolute Gasteiger partial charge is 0.224 e. The van der Waals surface area contributed by atoms with E-state index < -0.39 is 15.3 Å². The predicted octanol–water partition coefficient (Wildman–Crippen LogP) is -0.799. The third-order valence-electron chi connectivity index (χ3n) is 3.72. The molecule has 0 aromatic heterocycles. The second-order valence-electron chi connectivity index (χ2n) is 4.76. The van der Waals surface area contributed by atoms with E-state index in [1.54, 1.807) is 0 Å². The van der Waals surface area contributed by atoms with Crippen LogP contribution in [0.25, 0.3) is 0 Å². The summed E-state index contributed by atoms with van der Waals surface area (Å²) in [6.07, 6.45) is 1.43. The molecule has 3 unspecified atom stereocenters. The van der Waals surface area contributed by atoms with Gasteiger partial charge in [-0.1, -0.05) is 12.2 Å². The van der Waals surface area contributed by atoms with Crippen LogP contribution in [0.4, 0.5) is 0 Å². The highest BCUT2D eigenvalue weighted by molar-refractivity contribution is 7.92. The van der Waals surface area contributed by atoms with Crippen molar-refractivity contribution >= 4 is 33.1 Å². The average Bonchev–Trinajstić information content (AvgIpc) is 2.70. The fourth-order valence-corrected chi connectivity index (χ4v) is 4.62. The quantitative estimate of drug-likeness (QED) is 0.664. The van der Waals surface area contributed by atoms with Crippen LogP contribution in [0.3, 0.4) is 0 Å². The summed E-state index contributed by atoms with van der Waals surface area (Å²) < 4.78 is 26.2. The van der Waals surface area contributed by atoms with Gasteiger partial charge in [0.25, 0.3) is 0 Å². The van der Waals surface area contributed by atoms with E-state index >= 15 is 0 Å². The van der Waals surface area contributed by atoms with Gasteiger partial charge in [0.15, 0.2) is 0 Å². The van der Waals surface area contributed by atoms with Crippen LogP contribution < -0.4 is 11.1 Å². The summed E-state index contributed by atoms with van der Waals surface area (Å²) in [4.78, 5) is 11.6. The molecule has 1 amide bonds. The molecule has 0 aromatic rings. The number of nitrogens with two attached hydrogens (primary N) is 1. The van der Waals surface area contributed by atoms with Gasteiger partial charge in [-0.05, 0) is 19.8 Å². The molecule has 3 atom stereocenters. The van der Waals surface area contributed by atoms with Crippen molar-refractivity contribution < 1.29 is 13.2 Å². The van der Waals surface area contributed by atoms with Gasteiger partial charge in [0.05, 0.1) is 16.9 Å². The van der Waals surface area contributed by atoms with Crippen molar-refractivity contribution in [1.82, 2.24) is 9.62 Å². The summed E-state index contributed by atoms with van der Waals surface area (Å²) >= 11 is 4.77. The molecule has 0 radical (unpaired) electrons. The molecule has 2 fully saturated rings. The maximum absolute atomic E-state index is 12.4. The first-order valence-corrected chi connectivity index (χ1v) is 7.84. The number of sulfonamides is 1. The Balaban J connectivity index is 2.27. The van der Waals surface area contributed by atoms with E-state index in [-0.39, 0.29) is 22.9 Å². The molecule has 0 spiro atoms. The molecule has 0 aliphatic carbocycles. The topological polar surface area (TPSA) is 92.5 Å². The van der Waals surface area contributed by atoms with Gasteiger partial charge >= 0.3 is 0 Å². The Morgan fingerprint density at radius 2 is 2.28 bits per heavy atom. The van der Waals surface area contributed by atoms with Crippen LogP contribution in [0.5, 0.6) is 0 Å². The van der Waals surface area contributed by atoms with Crippen LogP contribution in [-0.2, 0) is 14.8 Å². The van der Waals surface area contributed by atoms with Crippen LogP contribution in [0, 0.1) is 5.92 Å². The molecule has 3 N–H and O–H groups in total. The molecule has 2 saturated heterocycles. The highest BCUT2D eigenvalue weighted by Gasteiger charge is 2.46. The number of amides is 1. The molecule has 0 bridgehead atoms. The van der Waals surface area contributed by atoms with Gasteiger partial charge in [-0.3, -0.25) is 4.79 Å². The number of piperidine rings is 1. The normalized spacial score (nSPS) is 30.6. The van der Waals surface area contributed by atoms with Crippen molar-refractivity contribution in [1.29, 1.82) is 0 Å². The van der Waals surface area contributed by atoms with Crippen molar-refractivity contribution in [2.45, 2.75) is 31.1 Å². The van der Waals surface area contributed by atoms with Crippen LogP contribution in [0.1, 0.15) is 19.8 Å². The minimum Gasteiger partial charge on any atom is -0.392 e. The zero-order valence-corrected chi connectivity index (χ0v) is 11.8. The largest absolute Gasteiger partial charge is 0.392 e. The molecule has 102 valence electrons. The Bertz CT molecular complexity index is 477. The lowest BCUT2D eigenvalue weighted by Crippen LogP contribution is -2.53. The highest BCUT2D eigenvalue weighted by atomic mass is 32.2. The van der Waals surface area contributed by atoms with Gasteiger partial charge in [0.2, 0.25) is 15.9 Å². The van der Waals surface area contributed by atoms with Crippen LogP contribution in [0.2, 0.25) is 0 Å². The van der Waals surface area contributed by atoms with Crippen molar-refractivity contribution in [3.8, 4) is 0 Å². The fraction of sp³-hybridized carbons (Fsp3) is 0.800. The average molecular weight is 291 g/mol. The molecule has 2 heterocycles. The molecule has 8 heteroatoms. The number of fused-ring (bicyclic) bond motifs is 1. The standard InChI is InChI=1S/C10H17N3O3S2/c1-6(9(11)17)18(15,16)13-4-2-3-7-8(13)5-12-10(7)14/h6-8H,2-5H2,1H3,(H2,11,17)(H,12,14). The maximum Gasteiger partial charge on any atom is 0.224 e. The molecule has 18 heavy (non-hydrogen) atoms. The Hall–Kier alpha value is -0.730. The summed E-state index contributed by atoms with van der Waals surface area (Å²) in [5.74, 6) is -0.282. The van der Waals surface area contributed by atoms with E-state index in [0.717, 1.165) is 6.42 Å². The van der Waals surface area contributed by atoms with E-state index in [1.165, 1.54) is 11.2 Å². The molecule has 2 aliphatic heterocycles. The van der Waals surface area contributed by atoms with Gasteiger partial charge in [0, 0.05) is 13.1 Å². The number of rotatable bonds is 3.